The summed E-state index contributed by atoms with van der Waals surface area (Å²) in [5.74, 6) is 0.0787. The zero-order valence-corrected chi connectivity index (χ0v) is 14.7. The summed E-state index contributed by atoms with van der Waals surface area (Å²) in [5, 5.41) is 9.30. The van der Waals surface area contributed by atoms with Gasteiger partial charge in [-0.1, -0.05) is 19.1 Å². The van der Waals surface area contributed by atoms with Gasteiger partial charge in [-0.05, 0) is 62.1 Å². The topological polar surface area (TPSA) is 40.5 Å². The van der Waals surface area contributed by atoms with E-state index in [1.807, 2.05) is 24.8 Å². The van der Waals surface area contributed by atoms with Crippen molar-refractivity contribution in [1.82, 2.24) is 4.90 Å². The largest absolute Gasteiger partial charge is 0.396 e. The molecule has 0 bridgehead atoms. The third kappa shape index (κ3) is 3.08. The van der Waals surface area contributed by atoms with Crippen LogP contribution in [0.15, 0.2) is 18.2 Å². The molecule has 3 rings (SSSR count). The Morgan fingerprint density at radius 3 is 2.58 bits per heavy atom. The standard InChI is InChI=1S/C20H28FNO2/c1-3-15(11-23)19(24)22-12-20(13-22)9-7-16(8-10-20)18-14(2)5-4-6-17(18)21/h4-6,15-16,23H,3,7-13H2,1-2H3/t15-/m1/s1. The molecule has 1 spiro atoms. The molecule has 1 atom stereocenters. The highest BCUT2D eigenvalue weighted by atomic mass is 19.1. The number of nitrogens with zero attached hydrogens (tertiary/aromatic N) is 1. The van der Waals surface area contributed by atoms with Crippen molar-refractivity contribution in [2.75, 3.05) is 19.7 Å². The molecule has 132 valence electrons. The Morgan fingerprint density at radius 2 is 2.04 bits per heavy atom. The van der Waals surface area contributed by atoms with Crippen molar-refractivity contribution in [1.29, 1.82) is 0 Å². The number of carbonyl (C=O) groups is 1. The number of halogens is 1. The van der Waals surface area contributed by atoms with Crippen LogP contribution in [0.2, 0.25) is 0 Å². The molecule has 1 saturated carbocycles. The summed E-state index contributed by atoms with van der Waals surface area (Å²) >= 11 is 0. The van der Waals surface area contributed by atoms with Crippen molar-refractivity contribution in [3.8, 4) is 0 Å². The number of rotatable bonds is 4. The van der Waals surface area contributed by atoms with Gasteiger partial charge in [-0.2, -0.15) is 0 Å². The minimum absolute atomic E-state index is 0.0620. The monoisotopic (exact) mass is 333 g/mol. The highest BCUT2D eigenvalue weighted by molar-refractivity contribution is 5.80. The highest BCUT2D eigenvalue weighted by Gasteiger charge is 2.48. The number of benzene rings is 1. The maximum absolute atomic E-state index is 14.2. The molecule has 0 aromatic heterocycles. The number of likely N-dealkylation sites (tertiary alicyclic amines) is 1. The number of aliphatic hydroxyl groups is 1. The predicted molar refractivity (Wildman–Crippen MR) is 92.2 cm³/mol. The molecule has 4 heteroatoms. The lowest BCUT2D eigenvalue weighted by Crippen LogP contribution is -2.60. The molecule has 1 saturated heterocycles. The molecule has 0 radical (unpaired) electrons. The number of amides is 1. The van der Waals surface area contributed by atoms with Gasteiger partial charge in [0, 0.05) is 18.5 Å². The Bertz CT molecular complexity index is 575. The summed E-state index contributed by atoms with van der Waals surface area (Å²) in [6.07, 6.45) is 4.81. The van der Waals surface area contributed by atoms with Crippen molar-refractivity contribution in [3.63, 3.8) is 0 Å². The fraction of sp³-hybridized carbons (Fsp3) is 0.650. The lowest BCUT2D eigenvalue weighted by Gasteiger charge is -2.54. The third-order valence-electron chi connectivity index (χ3n) is 6.15. The summed E-state index contributed by atoms with van der Waals surface area (Å²) in [7, 11) is 0. The molecule has 1 N–H and O–H groups in total. The third-order valence-corrected chi connectivity index (χ3v) is 6.15. The van der Waals surface area contributed by atoms with Gasteiger partial charge in [0.2, 0.25) is 5.91 Å². The molecule has 2 fully saturated rings. The van der Waals surface area contributed by atoms with E-state index in [4.69, 9.17) is 0 Å². The van der Waals surface area contributed by atoms with E-state index in [-0.39, 0.29) is 29.7 Å². The fourth-order valence-corrected chi connectivity index (χ4v) is 4.56. The lowest BCUT2D eigenvalue weighted by molar-refractivity contribution is -0.151. The SMILES string of the molecule is CC[C@H](CO)C(=O)N1CC2(CCC(c3c(C)cccc3F)CC2)C1. The average molecular weight is 333 g/mol. The number of hydrogen-bond donors (Lipinski definition) is 1. The molecular weight excluding hydrogens is 305 g/mol. The number of aryl methyl sites for hydroxylation is 1. The Labute approximate surface area is 143 Å². The fourth-order valence-electron chi connectivity index (χ4n) is 4.56. The van der Waals surface area contributed by atoms with Crippen LogP contribution in [0.1, 0.15) is 56.1 Å². The summed E-state index contributed by atoms with van der Waals surface area (Å²) in [4.78, 5) is 14.2. The van der Waals surface area contributed by atoms with Crippen LogP contribution in [-0.4, -0.2) is 35.6 Å². The van der Waals surface area contributed by atoms with Crippen molar-refractivity contribution >= 4 is 5.91 Å². The van der Waals surface area contributed by atoms with Crippen molar-refractivity contribution in [2.24, 2.45) is 11.3 Å². The average Bonchev–Trinajstić information content (AvgIpc) is 2.54. The minimum atomic E-state index is -0.250. The van der Waals surface area contributed by atoms with Gasteiger partial charge in [0.05, 0.1) is 12.5 Å². The van der Waals surface area contributed by atoms with Gasteiger partial charge in [0.25, 0.3) is 0 Å². The van der Waals surface area contributed by atoms with E-state index < -0.39 is 0 Å². The lowest BCUT2D eigenvalue weighted by atomic mass is 9.64. The van der Waals surface area contributed by atoms with Crippen LogP contribution in [0, 0.1) is 24.1 Å². The van der Waals surface area contributed by atoms with Gasteiger partial charge in [-0.3, -0.25) is 4.79 Å². The predicted octanol–water partition coefficient (Wildman–Crippen LogP) is 3.64. The van der Waals surface area contributed by atoms with Gasteiger partial charge in [-0.25, -0.2) is 4.39 Å². The summed E-state index contributed by atoms with van der Waals surface area (Å²) < 4.78 is 14.2. The molecule has 1 aliphatic carbocycles. The zero-order valence-electron chi connectivity index (χ0n) is 14.7. The quantitative estimate of drug-likeness (QED) is 0.914. The summed E-state index contributed by atoms with van der Waals surface area (Å²) in [6.45, 7) is 5.49. The molecule has 24 heavy (non-hydrogen) atoms. The second-order valence-electron chi connectivity index (χ2n) is 7.73. The first kappa shape index (κ1) is 17.4. The van der Waals surface area contributed by atoms with Gasteiger partial charge >= 0.3 is 0 Å². The minimum Gasteiger partial charge on any atom is -0.396 e. The molecule has 1 aliphatic heterocycles. The molecular formula is C20H28FNO2. The molecule has 0 unspecified atom stereocenters. The highest BCUT2D eigenvalue weighted by Crippen LogP contribution is 2.49. The molecule has 1 amide bonds. The smallest absolute Gasteiger partial charge is 0.228 e. The van der Waals surface area contributed by atoms with Crippen LogP contribution in [-0.2, 0) is 4.79 Å². The van der Waals surface area contributed by atoms with Crippen molar-refractivity contribution in [2.45, 2.75) is 51.9 Å². The maximum atomic E-state index is 14.2. The van der Waals surface area contributed by atoms with Gasteiger partial charge < -0.3 is 10.0 Å². The first-order valence-corrected chi connectivity index (χ1v) is 9.14. The number of carbonyl (C=O) groups excluding carboxylic acids is 1. The first-order valence-electron chi connectivity index (χ1n) is 9.14. The van der Waals surface area contributed by atoms with Crippen LogP contribution in [0.4, 0.5) is 4.39 Å². The van der Waals surface area contributed by atoms with Crippen LogP contribution in [0.25, 0.3) is 0 Å². The van der Waals surface area contributed by atoms with Crippen LogP contribution in [0.5, 0.6) is 0 Å². The molecule has 2 aliphatic rings. The van der Waals surface area contributed by atoms with E-state index in [0.717, 1.165) is 49.9 Å². The maximum Gasteiger partial charge on any atom is 0.228 e. The normalized spacial score (nSPS) is 21.6. The Kier molecular flexibility index (Phi) is 4.95. The van der Waals surface area contributed by atoms with E-state index in [2.05, 4.69) is 0 Å². The van der Waals surface area contributed by atoms with Gasteiger partial charge in [-0.15, -0.1) is 0 Å². The van der Waals surface area contributed by atoms with Gasteiger partial charge in [0.15, 0.2) is 0 Å². The zero-order chi connectivity index (χ0) is 17.3. The van der Waals surface area contributed by atoms with Crippen molar-refractivity contribution < 1.29 is 14.3 Å². The Morgan fingerprint density at radius 1 is 1.38 bits per heavy atom. The van der Waals surface area contributed by atoms with Crippen LogP contribution >= 0.6 is 0 Å². The van der Waals surface area contributed by atoms with E-state index in [1.54, 1.807) is 12.1 Å². The molecule has 1 aromatic carbocycles. The molecule has 1 aromatic rings. The van der Waals surface area contributed by atoms with Gasteiger partial charge in [0.1, 0.15) is 5.82 Å². The summed E-state index contributed by atoms with van der Waals surface area (Å²) in [6, 6.07) is 5.34. The first-order chi connectivity index (χ1) is 11.5. The number of hydrogen-bond acceptors (Lipinski definition) is 2. The van der Waals surface area contributed by atoms with Crippen molar-refractivity contribution in [3.05, 3.63) is 35.1 Å². The van der Waals surface area contributed by atoms with Crippen LogP contribution in [0.3, 0.4) is 0 Å². The van der Waals surface area contributed by atoms with E-state index in [0.29, 0.717) is 12.3 Å². The van der Waals surface area contributed by atoms with E-state index >= 15 is 0 Å². The van der Waals surface area contributed by atoms with Crippen LogP contribution < -0.4 is 0 Å². The van der Waals surface area contributed by atoms with E-state index in [9.17, 15) is 14.3 Å². The summed E-state index contributed by atoms with van der Waals surface area (Å²) in [5.41, 5.74) is 2.18. The second-order valence-corrected chi connectivity index (χ2v) is 7.73. The Balaban J connectivity index is 1.58. The molecule has 3 nitrogen and oxygen atoms in total. The number of aliphatic hydroxyl groups excluding tert-OH is 1. The molecule has 1 heterocycles. The second kappa shape index (κ2) is 6.83. The van der Waals surface area contributed by atoms with E-state index in [1.165, 1.54) is 0 Å². The Hall–Kier alpha value is -1.42.